The molecule has 0 saturated carbocycles. The van der Waals surface area contributed by atoms with Crippen molar-refractivity contribution in [3.63, 3.8) is 0 Å². The zero-order valence-corrected chi connectivity index (χ0v) is 15.8. The molecule has 2 N–H and O–H groups in total. The molecule has 0 aromatic heterocycles. The molecule has 0 spiro atoms. The van der Waals surface area contributed by atoms with Gasteiger partial charge >= 0.3 is 0 Å². The third kappa shape index (κ3) is 4.99. The monoisotopic (exact) mass is 355 g/mol. The predicted molar refractivity (Wildman–Crippen MR) is 105 cm³/mol. The van der Waals surface area contributed by atoms with Crippen LogP contribution in [0.4, 0.5) is 17.1 Å². The van der Waals surface area contributed by atoms with Gasteiger partial charge in [-0.25, -0.2) is 0 Å². The van der Waals surface area contributed by atoms with E-state index in [1.54, 1.807) is 18.2 Å². The van der Waals surface area contributed by atoms with Crippen LogP contribution in [0.15, 0.2) is 36.4 Å². The Balaban J connectivity index is 2.13. The van der Waals surface area contributed by atoms with Crippen LogP contribution in [0.2, 0.25) is 0 Å². The zero-order chi connectivity index (χ0) is 19.3. The fourth-order valence-corrected chi connectivity index (χ4v) is 2.71. The fraction of sp³-hybridized carbons (Fsp3) is 0.300. The van der Waals surface area contributed by atoms with Gasteiger partial charge in [-0.3, -0.25) is 9.59 Å². The molecular weight excluding hydrogens is 330 g/mol. The third-order valence-corrected chi connectivity index (χ3v) is 3.95. The first kappa shape index (κ1) is 19.3. The number of hydrogen-bond donors (Lipinski definition) is 2. The van der Waals surface area contributed by atoms with E-state index in [2.05, 4.69) is 16.7 Å². The van der Waals surface area contributed by atoms with Crippen molar-refractivity contribution in [1.29, 1.82) is 0 Å². The van der Waals surface area contributed by atoms with Crippen LogP contribution in [0, 0.1) is 13.8 Å². The van der Waals surface area contributed by atoms with Crippen molar-refractivity contribution < 1.29 is 14.3 Å². The largest absolute Gasteiger partial charge is 0.495 e. The molecule has 0 radical (unpaired) electrons. The first-order chi connectivity index (χ1) is 12.3. The lowest BCUT2D eigenvalue weighted by molar-refractivity contribution is -0.115. The molecule has 2 aromatic rings. The van der Waals surface area contributed by atoms with Gasteiger partial charge < -0.3 is 20.3 Å². The van der Waals surface area contributed by atoms with Crippen LogP contribution in [-0.2, 0) is 9.59 Å². The van der Waals surface area contributed by atoms with E-state index in [1.807, 2.05) is 37.9 Å². The Bertz CT molecular complexity index is 818. The molecule has 2 aromatic carbocycles. The Morgan fingerprint density at radius 2 is 1.81 bits per heavy atom. The summed E-state index contributed by atoms with van der Waals surface area (Å²) in [5.74, 6) is 0.177. The van der Waals surface area contributed by atoms with Gasteiger partial charge in [0.25, 0.3) is 0 Å². The van der Waals surface area contributed by atoms with Crippen LogP contribution in [0.5, 0.6) is 5.75 Å². The van der Waals surface area contributed by atoms with E-state index in [9.17, 15) is 9.59 Å². The molecule has 26 heavy (non-hydrogen) atoms. The highest BCUT2D eigenvalue weighted by Crippen LogP contribution is 2.28. The summed E-state index contributed by atoms with van der Waals surface area (Å²) >= 11 is 0. The number of nitrogens with zero attached hydrogens (tertiary/aromatic N) is 1. The Labute approximate surface area is 154 Å². The highest BCUT2D eigenvalue weighted by molar-refractivity contribution is 5.97. The smallest absolute Gasteiger partial charge is 0.243 e. The quantitative estimate of drug-likeness (QED) is 0.834. The van der Waals surface area contributed by atoms with Crippen molar-refractivity contribution >= 4 is 28.9 Å². The van der Waals surface area contributed by atoms with Gasteiger partial charge in [-0.15, -0.1) is 0 Å². The van der Waals surface area contributed by atoms with Gasteiger partial charge in [-0.05, 0) is 49.2 Å². The van der Waals surface area contributed by atoms with Gasteiger partial charge in [0.1, 0.15) is 5.75 Å². The minimum Gasteiger partial charge on any atom is -0.495 e. The molecule has 0 heterocycles. The van der Waals surface area contributed by atoms with E-state index in [-0.39, 0.29) is 18.4 Å². The third-order valence-electron chi connectivity index (χ3n) is 3.95. The number of amides is 2. The molecule has 2 rings (SSSR count). The lowest BCUT2D eigenvalue weighted by Gasteiger charge is -2.22. The summed E-state index contributed by atoms with van der Waals surface area (Å²) in [5, 5.41) is 5.55. The summed E-state index contributed by atoms with van der Waals surface area (Å²) in [5.41, 5.74) is 4.37. The van der Waals surface area contributed by atoms with Crippen molar-refractivity contribution in [2.75, 3.05) is 36.2 Å². The molecule has 0 aliphatic carbocycles. The van der Waals surface area contributed by atoms with E-state index in [4.69, 9.17) is 4.74 Å². The number of anilines is 3. The molecule has 0 saturated heterocycles. The highest BCUT2D eigenvalue weighted by Gasteiger charge is 2.13. The fourth-order valence-electron chi connectivity index (χ4n) is 2.71. The lowest BCUT2D eigenvalue weighted by atomic mass is 10.1. The number of nitrogens with one attached hydrogen (secondary N) is 2. The normalized spacial score (nSPS) is 10.2. The van der Waals surface area contributed by atoms with Crippen LogP contribution >= 0.6 is 0 Å². The Morgan fingerprint density at radius 1 is 1.08 bits per heavy atom. The number of carbonyl (C=O) groups excluding carboxylic acids is 2. The molecule has 0 unspecified atom stereocenters. The van der Waals surface area contributed by atoms with Crippen LogP contribution in [0.1, 0.15) is 18.1 Å². The standard InChI is InChI=1S/C20H25N3O3/c1-13-6-7-14(2)18(10-13)23(4)12-20(25)22-17-11-16(21-15(3)24)8-9-19(17)26-5/h6-11H,12H2,1-5H3,(H,21,24)(H,22,25). The second-order valence-electron chi connectivity index (χ2n) is 6.29. The molecular formula is C20H25N3O3. The van der Waals surface area contributed by atoms with Crippen LogP contribution < -0.4 is 20.3 Å². The van der Waals surface area contributed by atoms with Gasteiger partial charge in [-0.2, -0.15) is 0 Å². The van der Waals surface area contributed by atoms with Crippen molar-refractivity contribution in [3.8, 4) is 5.75 Å². The number of aryl methyl sites for hydroxylation is 2. The Hall–Kier alpha value is -3.02. The molecule has 6 heteroatoms. The van der Waals surface area contributed by atoms with Gasteiger partial charge in [0.15, 0.2) is 0 Å². The Morgan fingerprint density at radius 3 is 2.46 bits per heavy atom. The van der Waals surface area contributed by atoms with Crippen LogP contribution in [0.3, 0.4) is 0 Å². The van der Waals surface area contributed by atoms with E-state index in [1.165, 1.54) is 14.0 Å². The number of rotatable bonds is 6. The average molecular weight is 355 g/mol. The van der Waals surface area contributed by atoms with E-state index in [0.717, 1.165) is 16.8 Å². The van der Waals surface area contributed by atoms with Gasteiger partial charge in [0.2, 0.25) is 11.8 Å². The zero-order valence-electron chi connectivity index (χ0n) is 15.8. The molecule has 138 valence electrons. The number of methoxy groups -OCH3 is 1. The minimum absolute atomic E-state index is 0.174. The maximum atomic E-state index is 12.5. The van der Waals surface area contributed by atoms with Gasteiger partial charge in [0.05, 0.1) is 19.3 Å². The SMILES string of the molecule is COc1ccc(NC(C)=O)cc1NC(=O)CN(C)c1cc(C)ccc1C. The summed E-state index contributed by atoms with van der Waals surface area (Å²) < 4.78 is 5.29. The Kier molecular flexibility index (Phi) is 6.22. The van der Waals surface area contributed by atoms with Gasteiger partial charge in [0, 0.05) is 25.3 Å². The molecule has 0 fully saturated rings. The number of likely N-dealkylation sites (N-methyl/N-ethyl adjacent to an activating group) is 1. The summed E-state index contributed by atoms with van der Waals surface area (Å²) in [4.78, 5) is 25.6. The number of benzene rings is 2. The van der Waals surface area contributed by atoms with Crippen molar-refractivity contribution in [1.82, 2.24) is 0 Å². The van der Waals surface area contributed by atoms with E-state index >= 15 is 0 Å². The maximum Gasteiger partial charge on any atom is 0.243 e. The van der Waals surface area contributed by atoms with Crippen LogP contribution in [-0.4, -0.2) is 32.5 Å². The average Bonchev–Trinajstić information content (AvgIpc) is 2.56. The number of carbonyl (C=O) groups is 2. The minimum atomic E-state index is -0.179. The maximum absolute atomic E-state index is 12.5. The lowest BCUT2D eigenvalue weighted by Crippen LogP contribution is -2.30. The first-order valence-electron chi connectivity index (χ1n) is 8.34. The topological polar surface area (TPSA) is 70.7 Å². The van der Waals surface area contributed by atoms with E-state index in [0.29, 0.717) is 17.1 Å². The molecule has 2 amide bonds. The summed E-state index contributed by atoms with van der Waals surface area (Å²) in [6.45, 7) is 5.66. The molecule has 0 aliphatic rings. The summed E-state index contributed by atoms with van der Waals surface area (Å²) in [6, 6.07) is 11.2. The number of ether oxygens (including phenoxy) is 1. The van der Waals surface area contributed by atoms with Crippen molar-refractivity contribution in [3.05, 3.63) is 47.5 Å². The van der Waals surface area contributed by atoms with Crippen molar-refractivity contribution in [2.45, 2.75) is 20.8 Å². The second-order valence-corrected chi connectivity index (χ2v) is 6.29. The first-order valence-corrected chi connectivity index (χ1v) is 8.34. The molecule has 0 bridgehead atoms. The number of hydrogen-bond acceptors (Lipinski definition) is 4. The van der Waals surface area contributed by atoms with Crippen LogP contribution in [0.25, 0.3) is 0 Å². The second kappa shape index (κ2) is 8.38. The molecule has 0 atom stereocenters. The predicted octanol–water partition coefficient (Wildman–Crippen LogP) is 3.35. The summed E-state index contributed by atoms with van der Waals surface area (Å²) in [7, 11) is 3.41. The molecule has 0 aliphatic heterocycles. The van der Waals surface area contributed by atoms with E-state index < -0.39 is 0 Å². The van der Waals surface area contributed by atoms with Crippen molar-refractivity contribution in [2.24, 2.45) is 0 Å². The summed E-state index contributed by atoms with van der Waals surface area (Å²) in [6.07, 6.45) is 0. The van der Waals surface area contributed by atoms with Gasteiger partial charge in [-0.1, -0.05) is 12.1 Å². The molecule has 6 nitrogen and oxygen atoms in total. The highest BCUT2D eigenvalue weighted by atomic mass is 16.5.